The van der Waals surface area contributed by atoms with Gasteiger partial charge in [0.1, 0.15) is 0 Å². The Kier molecular flexibility index (Phi) is 5.18. The number of ketones is 1. The first kappa shape index (κ1) is 20.7. The predicted octanol–water partition coefficient (Wildman–Crippen LogP) is 4.88. The molecule has 162 valence electrons. The van der Waals surface area contributed by atoms with E-state index in [2.05, 4.69) is 0 Å². The van der Waals surface area contributed by atoms with Gasteiger partial charge in [-0.25, -0.2) is 0 Å². The van der Waals surface area contributed by atoms with Gasteiger partial charge in [-0.3, -0.25) is 9.59 Å². The Hall–Kier alpha value is -3.24. The molecule has 3 aromatic carbocycles. The third kappa shape index (κ3) is 3.55. The van der Waals surface area contributed by atoms with Gasteiger partial charge in [-0.2, -0.15) is 0 Å². The molecule has 1 amide bonds. The van der Waals surface area contributed by atoms with Gasteiger partial charge in [-0.1, -0.05) is 60.2 Å². The molecule has 1 N–H and O–H groups in total. The normalized spacial score (nSPS) is 19.6. The first-order chi connectivity index (χ1) is 15.5. The van der Waals surface area contributed by atoms with Crippen LogP contribution in [0.2, 0.25) is 0 Å². The molecule has 2 aliphatic rings. The van der Waals surface area contributed by atoms with E-state index in [0.717, 1.165) is 30.4 Å². The minimum absolute atomic E-state index is 0.207. The molecule has 0 spiro atoms. The molecule has 0 saturated heterocycles. The number of carbonyl (C=O) groups is 2. The molecule has 0 fully saturated rings. The Balaban J connectivity index is 1.45. The fourth-order valence-corrected chi connectivity index (χ4v) is 5.07. The zero-order chi connectivity index (χ0) is 22.3. The van der Waals surface area contributed by atoms with Gasteiger partial charge in [0.05, 0.1) is 18.7 Å². The van der Waals surface area contributed by atoms with Crippen LogP contribution in [0.3, 0.4) is 0 Å². The number of hydrogen-bond donors (Lipinski definition) is 1. The minimum Gasteiger partial charge on any atom is -0.375 e. The summed E-state index contributed by atoms with van der Waals surface area (Å²) in [5.41, 5.74) is 4.50. The van der Waals surface area contributed by atoms with Crippen LogP contribution in [-0.4, -0.2) is 16.8 Å². The summed E-state index contributed by atoms with van der Waals surface area (Å²) in [4.78, 5) is 28.3. The van der Waals surface area contributed by atoms with Crippen LogP contribution in [0.25, 0.3) is 0 Å². The summed E-state index contributed by atoms with van der Waals surface area (Å²) in [6.45, 7) is 2.36. The monoisotopic (exact) mass is 425 g/mol. The maximum atomic E-state index is 13.5. The zero-order valence-electron chi connectivity index (χ0n) is 18.3. The Bertz CT molecular complexity index is 1210. The largest absolute Gasteiger partial charge is 0.375 e. The molecule has 1 unspecified atom stereocenters. The lowest BCUT2D eigenvalue weighted by Gasteiger charge is -2.23. The molecular formula is C28H27NO3. The van der Waals surface area contributed by atoms with E-state index < -0.39 is 11.5 Å². The van der Waals surface area contributed by atoms with Gasteiger partial charge in [0, 0.05) is 11.1 Å². The number of nitrogens with zero attached hydrogens (tertiary/aromatic N) is 1. The number of anilines is 1. The highest BCUT2D eigenvalue weighted by molar-refractivity contribution is 6.10. The van der Waals surface area contributed by atoms with E-state index in [9.17, 15) is 14.7 Å². The number of Topliss-reactive ketones (excluding diaryl/α,β-unsaturated/α-hetero) is 1. The van der Waals surface area contributed by atoms with E-state index in [0.29, 0.717) is 23.4 Å². The summed E-state index contributed by atoms with van der Waals surface area (Å²) in [5, 5.41) is 11.6. The molecule has 3 aromatic rings. The van der Waals surface area contributed by atoms with Crippen LogP contribution in [-0.2, 0) is 29.8 Å². The van der Waals surface area contributed by atoms with Crippen molar-refractivity contribution < 1.29 is 14.7 Å². The fraction of sp³-hybridized carbons (Fsp3) is 0.286. The van der Waals surface area contributed by atoms with Crippen molar-refractivity contribution in [1.29, 1.82) is 0 Å². The first-order valence-electron chi connectivity index (χ1n) is 11.3. The molecular weight excluding hydrogens is 398 g/mol. The average Bonchev–Trinajstić information content (AvgIpc) is 3.01. The topological polar surface area (TPSA) is 57.6 Å². The van der Waals surface area contributed by atoms with Crippen LogP contribution in [0.15, 0.2) is 66.7 Å². The van der Waals surface area contributed by atoms with Crippen molar-refractivity contribution in [2.45, 2.75) is 51.2 Å². The highest BCUT2D eigenvalue weighted by Crippen LogP contribution is 2.43. The Morgan fingerprint density at radius 1 is 0.969 bits per heavy atom. The van der Waals surface area contributed by atoms with E-state index in [1.54, 1.807) is 17.0 Å². The Morgan fingerprint density at radius 2 is 1.75 bits per heavy atom. The van der Waals surface area contributed by atoms with Crippen LogP contribution in [0, 0.1) is 6.92 Å². The van der Waals surface area contributed by atoms with Crippen LogP contribution in [0.5, 0.6) is 0 Å². The molecule has 0 aromatic heterocycles. The second-order valence-corrected chi connectivity index (χ2v) is 9.05. The molecule has 0 saturated carbocycles. The number of amides is 1. The lowest BCUT2D eigenvalue weighted by atomic mass is 9.85. The van der Waals surface area contributed by atoms with E-state index in [1.807, 2.05) is 61.5 Å². The van der Waals surface area contributed by atoms with Crippen molar-refractivity contribution in [2.24, 2.45) is 0 Å². The smallest absolute Gasteiger partial charge is 0.264 e. The number of rotatable bonds is 5. The van der Waals surface area contributed by atoms with Crippen molar-refractivity contribution in [3.63, 3.8) is 0 Å². The average molecular weight is 426 g/mol. The van der Waals surface area contributed by atoms with Gasteiger partial charge in [-0.05, 0) is 61.4 Å². The van der Waals surface area contributed by atoms with E-state index in [4.69, 9.17) is 0 Å². The lowest BCUT2D eigenvalue weighted by molar-refractivity contribution is -0.136. The van der Waals surface area contributed by atoms with Gasteiger partial charge >= 0.3 is 0 Å². The predicted molar refractivity (Wildman–Crippen MR) is 125 cm³/mol. The number of para-hydroxylation sites is 1. The molecule has 1 aliphatic heterocycles. The number of fused-ring (bicyclic) bond motifs is 2. The summed E-state index contributed by atoms with van der Waals surface area (Å²) in [7, 11) is 0. The second kappa shape index (κ2) is 8.03. The van der Waals surface area contributed by atoms with Gasteiger partial charge in [-0.15, -0.1) is 0 Å². The third-order valence-electron chi connectivity index (χ3n) is 6.75. The van der Waals surface area contributed by atoms with Crippen LogP contribution in [0.1, 0.15) is 57.4 Å². The SMILES string of the molecule is Cc1cccc(CN2C(=O)C(O)(CC(=O)c3ccc4c(c3)CCCC4)c3ccccc32)c1. The van der Waals surface area contributed by atoms with Gasteiger partial charge < -0.3 is 10.0 Å². The zero-order valence-corrected chi connectivity index (χ0v) is 18.3. The number of carbonyl (C=O) groups excluding carboxylic acids is 2. The first-order valence-corrected chi connectivity index (χ1v) is 11.3. The quantitative estimate of drug-likeness (QED) is 0.593. The summed E-state index contributed by atoms with van der Waals surface area (Å²) in [5.74, 6) is -0.645. The summed E-state index contributed by atoms with van der Waals surface area (Å²) < 4.78 is 0. The molecule has 0 radical (unpaired) electrons. The highest BCUT2D eigenvalue weighted by atomic mass is 16.3. The Morgan fingerprint density at radius 3 is 2.56 bits per heavy atom. The molecule has 1 atom stereocenters. The van der Waals surface area contributed by atoms with Crippen molar-refractivity contribution in [3.05, 3.63) is 100 Å². The second-order valence-electron chi connectivity index (χ2n) is 9.05. The van der Waals surface area contributed by atoms with Crippen LogP contribution < -0.4 is 4.90 Å². The summed E-state index contributed by atoms with van der Waals surface area (Å²) in [6, 6.07) is 21.0. The van der Waals surface area contributed by atoms with E-state index >= 15 is 0 Å². The van der Waals surface area contributed by atoms with Crippen LogP contribution >= 0.6 is 0 Å². The number of benzene rings is 3. The van der Waals surface area contributed by atoms with Crippen molar-refractivity contribution >= 4 is 17.4 Å². The van der Waals surface area contributed by atoms with Crippen LogP contribution in [0.4, 0.5) is 5.69 Å². The molecule has 1 heterocycles. The number of aliphatic hydroxyl groups is 1. The van der Waals surface area contributed by atoms with Gasteiger partial charge in [0.15, 0.2) is 11.4 Å². The minimum atomic E-state index is -1.85. The van der Waals surface area contributed by atoms with Gasteiger partial charge in [0.2, 0.25) is 0 Å². The number of aryl methyl sites for hydroxylation is 3. The Labute approximate surface area is 188 Å². The molecule has 32 heavy (non-hydrogen) atoms. The number of hydrogen-bond acceptors (Lipinski definition) is 3. The molecule has 5 rings (SSSR count). The standard InChI is InChI=1S/C28H27NO3/c1-19-7-6-8-20(15-19)18-29-25-12-5-4-11-24(25)28(32,27(29)31)17-26(30)23-14-13-21-9-2-3-10-22(21)16-23/h4-8,11-16,32H,2-3,9-10,17-18H2,1H3. The maximum Gasteiger partial charge on any atom is 0.264 e. The summed E-state index contributed by atoms with van der Waals surface area (Å²) in [6.07, 6.45) is 4.09. The van der Waals surface area contributed by atoms with E-state index in [-0.39, 0.29) is 12.2 Å². The van der Waals surface area contributed by atoms with Crippen molar-refractivity contribution in [3.8, 4) is 0 Å². The maximum absolute atomic E-state index is 13.5. The van der Waals surface area contributed by atoms with E-state index in [1.165, 1.54) is 17.5 Å². The highest BCUT2D eigenvalue weighted by Gasteiger charge is 2.50. The van der Waals surface area contributed by atoms with Crippen molar-refractivity contribution in [2.75, 3.05) is 4.90 Å². The molecule has 4 heteroatoms. The molecule has 0 bridgehead atoms. The molecule has 1 aliphatic carbocycles. The lowest BCUT2D eigenvalue weighted by Crippen LogP contribution is -2.41. The van der Waals surface area contributed by atoms with Gasteiger partial charge in [0.25, 0.3) is 5.91 Å². The molecule has 4 nitrogen and oxygen atoms in total. The third-order valence-corrected chi connectivity index (χ3v) is 6.75. The fourth-order valence-electron chi connectivity index (χ4n) is 5.07. The summed E-state index contributed by atoms with van der Waals surface area (Å²) >= 11 is 0. The van der Waals surface area contributed by atoms with Crippen molar-refractivity contribution in [1.82, 2.24) is 0 Å².